The van der Waals surface area contributed by atoms with Crippen molar-refractivity contribution in [3.05, 3.63) is 40.6 Å². The topological polar surface area (TPSA) is 90.0 Å². The number of benzene rings is 1. The number of anilines is 1. The summed E-state index contributed by atoms with van der Waals surface area (Å²) in [7, 11) is -3.77. The number of nitrogens with two attached hydrogens (primary N) is 1. The molecule has 0 atom stereocenters. The van der Waals surface area contributed by atoms with Crippen LogP contribution in [0.3, 0.4) is 0 Å². The van der Waals surface area contributed by atoms with Gasteiger partial charge < -0.3 is 5.73 Å². The molecule has 0 fully saturated rings. The third-order valence-corrected chi connectivity index (χ3v) is 4.34. The highest BCUT2D eigenvalue weighted by atomic mass is 35.5. The summed E-state index contributed by atoms with van der Waals surface area (Å²) in [5.74, 6) is 0. The molecule has 0 radical (unpaired) electrons. The van der Waals surface area contributed by atoms with Gasteiger partial charge in [0.15, 0.2) is 0 Å². The minimum absolute atomic E-state index is 0.0296. The van der Waals surface area contributed by atoms with Crippen LogP contribution in [0.2, 0.25) is 10.0 Å². The van der Waals surface area contributed by atoms with Crippen molar-refractivity contribution >= 4 is 38.9 Å². The molecular formula is C11H12Cl2N4O2S. The van der Waals surface area contributed by atoms with E-state index in [0.29, 0.717) is 18.1 Å². The van der Waals surface area contributed by atoms with Gasteiger partial charge in [-0.1, -0.05) is 23.2 Å². The molecule has 0 bridgehead atoms. The average molecular weight is 335 g/mol. The van der Waals surface area contributed by atoms with E-state index >= 15 is 0 Å². The van der Waals surface area contributed by atoms with Crippen molar-refractivity contribution in [3.63, 3.8) is 0 Å². The molecule has 20 heavy (non-hydrogen) atoms. The third-order valence-electron chi connectivity index (χ3n) is 2.45. The van der Waals surface area contributed by atoms with Gasteiger partial charge in [-0.3, -0.25) is 9.40 Å². The fraction of sp³-hybridized carbons (Fsp3) is 0.182. The Bertz CT molecular complexity index is 715. The van der Waals surface area contributed by atoms with Crippen molar-refractivity contribution in [1.82, 2.24) is 9.78 Å². The van der Waals surface area contributed by atoms with Crippen LogP contribution in [0.15, 0.2) is 35.5 Å². The Balaban J connectivity index is 2.28. The lowest BCUT2D eigenvalue weighted by Gasteiger charge is -2.08. The van der Waals surface area contributed by atoms with Crippen LogP contribution in [0, 0.1) is 0 Å². The van der Waals surface area contributed by atoms with Crippen LogP contribution in [0.25, 0.3) is 0 Å². The zero-order chi connectivity index (χ0) is 14.8. The van der Waals surface area contributed by atoms with Gasteiger partial charge in [0, 0.05) is 17.8 Å². The summed E-state index contributed by atoms with van der Waals surface area (Å²) in [5.41, 5.74) is 5.59. The molecule has 0 spiro atoms. The van der Waals surface area contributed by atoms with E-state index in [4.69, 9.17) is 28.9 Å². The summed E-state index contributed by atoms with van der Waals surface area (Å²) in [4.78, 5) is 0.0296. The van der Waals surface area contributed by atoms with Crippen molar-refractivity contribution < 1.29 is 8.42 Å². The van der Waals surface area contributed by atoms with Gasteiger partial charge in [0.1, 0.15) is 4.90 Å². The summed E-state index contributed by atoms with van der Waals surface area (Å²) in [6.07, 6.45) is 2.64. The van der Waals surface area contributed by atoms with Crippen molar-refractivity contribution in [2.75, 3.05) is 11.3 Å². The summed E-state index contributed by atoms with van der Waals surface area (Å²) < 4.78 is 28.2. The standard InChI is InChI=1S/C11H12Cl2N4O2S/c12-8-1-2-10(13)11(5-8)16-20(18,19)9-6-15-17(7-9)4-3-14/h1-2,5-7,16H,3-4,14H2. The lowest BCUT2D eigenvalue weighted by molar-refractivity contribution is 0.599. The highest BCUT2D eigenvalue weighted by Crippen LogP contribution is 2.27. The molecule has 6 nitrogen and oxygen atoms in total. The van der Waals surface area contributed by atoms with E-state index < -0.39 is 10.0 Å². The van der Waals surface area contributed by atoms with E-state index in [1.165, 1.54) is 29.2 Å². The number of hydrogen-bond donors (Lipinski definition) is 2. The Labute approximate surface area is 126 Å². The molecule has 0 aliphatic heterocycles. The van der Waals surface area contributed by atoms with Gasteiger partial charge in [0.2, 0.25) is 0 Å². The molecule has 2 aromatic rings. The zero-order valence-electron chi connectivity index (χ0n) is 10.3. The molecule has 9 heteroatoms. The van der Waals surface area contributed by atoms with Crippen molar-refractivity contribution in [2.45, 2.75) is 11.4 Å². The van der Waals surface area contributed by atoms with E-state index in [1.54, 1.807) is 6.07 Å². The van der Waals surface area contributed by atoms with E-state index in [1.807, 2.05) is 0 Å². The maximum Gasteiger partial charge on any atom is 0.265 e. The highest BCUT2D eigenvalue weighted by Gasteiger charge is 2.18. The Morgan fingerprint density at radius 2 is 2.10 bits per heavy atom. The maximum atomic E-state index is 12.2. The molecule has 3 N–H and O–H groups in total. The predicted molar refractivity (Wildman–Crippen MR) is 78.6 cm³/mol. The number of nitrogens with zero attached hydrogens (tertiary/aromatic N) is 2. The Morgan fingerprint density at radius 3 is 2.80 bits per heavy atom. The quantitative estimate of drug-likeness (QED) is 0.874. The van der Waals surface area contributed by atoms with Crippen molar-refractivity contribution in [2.24, 2.45) is 5.73 Å². The van der Waals surface area contributed by atoms with E-state index in [-0.39, 0.29) is 15.6 Å². The molecule has 1 heterocycles. The van der Waals surface area contributed by atoms with Crippen LogP contribution in [-0.4, -0.2) is 24.7 Å². The highest BCUT2D eigenvalue weighted by molar-refractivity contribution is 7.92. The van der Waals surface area contributed by atoms with Gasteiger partial charge in [-0.25, -0.2) is 8.42 Å². The normalized spacial score (nSPS) is 11.6. The molecule has 0 saturated heterocycles. The average Bonchev–Trinajstić information content (AvgIpc) is 2.83. The number of hydrogen-bond acceptors (Lipinski definition) is 4. The minimum atomic E-state index is -3.77. The van der Waals surface area contributed by atoms with Crippen molar-refractivity contribution in [1.29, 1.82) is 0 Å². The fourth-order valence-electron chi connectivity index (χ4n) is 1.52. The molecule has 1 aromatic carbocycles. The van der Waals surface area contributed by atoms with Crippen molar-refractivity contribution in [3.8, 4) is 0 Å². The first-order valence-electron chi connectivity index (χ1n) is 5.63. The summed E-state index contributed by atoms with van der Waals surface area (Å²) in [5, 5.41) is 4.55. The van der Waals surface area contributed by atoms with Gasteiger partial charge in [-0.05, 0) is 18.2 Å². The number of aromatic nitrogens is 2. The second kappa shape index (κ2) is 6.01. The summed E-state index contributed by atoms with van der Waals surface area (Å²) >= 11 is 11.7. The SMILES string of the molecule is NCCn1cc(S(=O)(=O)Nc2cc(Cl)ccc2Cl)cn1. The number of rotatable bonds is 5. The predicted octanol–water partition coefficient (Wildman–Crippen LogP) is 1.95. The smallest absolute Gasteiger partial charge is 0.265 e. The van der Waals surface area contributed by atoms with E-state index in [2.05, 4.69) is 9.82 Å². The maximum absolute atomic E-state index is 12.2. The molecule has 2 rings (SSSR count). The third kappa shape index (κ3) is 3.43. The Morgan fingerprint density at radius 1 is 1.35 bits per heavy atom. The monoisotopic (exact) mass is 334 g/mol. The van der Waals surface area contributed by atoms with Crippen LogP contribution >= 0.6 is 23.2 Å². The van der Waals surface area contributed by atoms with Gasteiger partial charge in [-0.2, -0.15) is 5.10 Å². The second-order valence-corrected chi connectivity index (χ2v) is 6.48. The number of nitrogens with one attached hydrogen (secondary N) is 1. The second-order valence-electron chi connectivity index (χ2n) is 3.96. The van der Waals surface area contributed by atoms with Gasteiger partial charge in [0.25, 0.3) is 10.0 Å². The first kappa shape index (κ1) is 15.1. The van der Waals surface area contributed by atoms with Gasteiger partial charge >= 0.3 is 0 Å². The largest absolute Gasteiger partial charge is 0.329 e. The number of sulfonamides is 1. The first-order valence-corrected chi connectivity index (χ1v) is 7.86. The molecule has 0 aliphatic rings. The molecule has 1 aromatic heterocycles. The Hall–Kier alpha value is -1.28. The summed E-state index contributed by atoms with van der Waals surface area (Å²) in [6.45, 7) is 0.808. The van der Waals surface area contributed by atoms with E-state index in [9.17, 15) is 8.42 Å². The first-order chi connectivity index (χ1) is 9.42. The lowest BCUT2D eigenvalue weighted by atomic mass is 10.3. The molecule has 108 valence electrons. The van der Waals surface area contributed by atoms with Crippen LogP contribution < -0.4 is 10.5 Å². The lowest BCUT2D eigenvalue weighted by Crippen LogP contribution is -2.13. The zero-order valence-corrected chi connectivity index (χ0v) is 12.6. The minimum Gasteiger partial charge on any atom is -0.329 e. The Kier molecular flexibility index (Phi) is 4.54. The molecular weight excluding hydrogens is 323 g/mol. The summed E-state index contributed by atoms with van der Waals surface area (Å²) in [6, 6.07) is 4.52. The number of halogens is 2. The van der Waals surface area contributed by atoms with Crippen LogP contribution in [-0.2, 0) is 16.6 Å². The van der Waals surface area contributed by atoms with Crippen LogP contribution in [0.5, 0.6) is 0 Å². The molecule has 0 saturated carbocycles. The molecule has 0 amide bonds. The molecule has 0 aliphatic carbocycles. The van der Waals surface area contributed by atoms with E-state index in [0.717, 1.165) is 0 Å². The van der Waals surface area contributed by atoms with Crippen LogP contribution in [0.4, 0.5) is 5.69 Å². The molecule has 0 unspecified atom stereocenters. The van der Waals surface area contributed by atoms with Crippen LogP contribution in [0.1, 0.15) is 0 Å². The van der Waals surface area contributed by atoms with Gasteiger partial charge in [-0.15, -0.1) is 0 Å². The fourth-order valence-corrected chi connectivity index (χ4v) is 2.93. The van der Waals surface area contributed by atoms with Gasteiger partial charge in [0.05, 0.1) is 23.5 Å².